The molecule has 4 nitrogen and oxygen atoms in total. The summed E-state index contributed by atoms with van der Waals surface area (Å²) in [4.78, 5) is 8.74. The van der Waals surface area contributed by atoms with Crippen LogP contribution in [0, 0.1) is 0 Å². The van der Waals surface area contributed by atoms with Crippen molar-refractivity contribution in [2.45, 2.75) is 39.7 Å². The number of imidazole rings is 1. The molecule has 19 heavy (non-hydrogen) atoms. The number of hydrogen-bond donors (Lipinski definition) is 1. The van der Waals surface area contributed by atoms with Crippen LogP contribution in [0.1, 0.15) is 44.5 Å². The van der Waals surface area contributed by atoms with Crippen LogP contribution in [0.4, 0.5) is 5.82 Å². The Morgan fingerprint density at radius 2 is 2.11 bits per heavy atom. The average molecular weight is 258 g/mol. The number of nitrogens with one attached hydrogen (secondary N) is 1. The van der Waals surface area contributed by atoms with Gasteiger partial charge in [-0.15, -0.1) is 0 Å². The molecule has 1 N–H and O–H groups in total. The van der Waals surface area contributed by atoms with Gasteiger partial charge in [0.2, 0.25) is 0 Å². The van der Waals surface area contributed by atoms with Crippen molar-refractivity contribution in [3.63, 3.8) is 0 Å². The molecule has 0 aliphatic rings. The number of nitrogens with zero attached hydrogens (tertiary/aromatic N) is 3. The van der Waals surface area contributed by atoms with Crippen LogP contribution < -0.4 is 5.32 Å². The summed E-state index contributed by atoms with van der Waals surface area (Å²) in [6.07, 6.45) is 6.87. The van der Waals surface area contributed by atoms with Crippen LogP contribution in [0.5, 0.6) is 0 Å². The first-order valence-electron chi connectivity index (χ1n) is 6.90. The first kappa shape index (κ1) is 13.6. The van der Waals surface area contributed by atoms with Gasteiger partial charge in [0.05, 0.1) is 0 Å². The van der Waals surface area contributed by atoms with Gasteiger partial charge in [-0.1, -0.05) is 20.8 Å². The average Bonchev–Trinajstić information content (AvgIpc) is 2.85. The fourth-order valence-electron chi connectivity index (χ4n) is 2.07. The van der Waals surface area contributed by atoms with Gasteiger partial charge in [-0.3, -0.25) is 0 Å². The van der Waals surface area contributed by atoms with Gasteiger partial charge >= 0.3 is 0 Å². The van der Waals surface area contributed by atoms with Crippen LogP contribution in [0.15, 0.2) is 30.7 Å². The highest BCUT2D eigenvalue weighted by Gasteiger charge is 2.07. The SMILES string of the molecule is CCCNc1cc(Cn2ccnc2C(C)C)ccn1. The van der Waals surface area contributed by atoms with Crippen molar-refractivity contribution in [3.05, 3.63) is 42.1 Å². The molecule has 0 saturated heterocycles. The van der Waals surface area contributed by atoms with E-state index in [1.165, 1.54) is 5.56 Å². The Morgan fingerprint density at radius 3 is 2.84 bits per heavy atom. The number of hydrogen-bond acceptors (Lipinski definition) is 3. The third kappa shape index (κ3) is 3.56. The van der Waals surface area contributed by atoms with Gasteiger partial charge in [-0.25, -0.2) is 9.97 Å². The fourth-order valence-corrected chi connectivity index (χ4v) is 2.07. The minimum absolute atomic E-state index is 0.439. The lowest BCUT2D eigenvalue weighted by Gasteiger charge is -2.11. The van der Waals surface area contributed by atoms with Gasteiger partial charge in [-0.05, 0) is 24.1 Å². The van der Waals surface area contributed by atoms with Crippen molar-refractivity contribution in [1.82, 2.24) is 14.5 Å². The van der Waals surface area contributed by atoms with E-state index in [9.17, 15) is 0 Å². The minimum Gasteiger partial charge on any atom is -0.370 e. The Bertz CT molecular complexity index is 516. The maximum atomic E-state index is 4.42. The molecule has 102 valence electrons. The molecule has 2 rings (SSSR count). The smallest absolute Gasteiger partial charge is 0.126 e. The van der Waals surface area contributed by atoms with Crippen LogP contribution in [0.2, 0.25) is 0 Å². The predicted octanol–water partition coefficient (Wildman–Crippen LogP) is 3.27. The Hall–Kier alpha value is -1.84. The molecule has 0 aliphatic heterocycles. The van der Waals surface area contributed by atoms with Gasteiger partial charge in [0.1, 0.15) is 11.6 Å². The quantitative estimate of drug-likeness (QED) is 0.864. The summed E-state index contributed by atoms with van der Waals surface area (Å²) in [5.74, 6) is 2.51. The molecule has 0 unspecified atom stereocenters. The number of rotatable bonds is 6. The number of pyridine rings is 1. The van der Waals surface area contributed by atoms with Crippen molar-refractivity contribution in [2.24, 2.45) is 0 Å². The largest absolute Gasteiger partial charge is 0.370 e. The standard InChI is InChI=1S/C15H22N4/c1-4-6-16-14-10-13(5-7-17-14)11-19-9-8-18-15(19)12(2)3/h5,7-10,12H,4,6,11H2,1-3H3,(H,16,17). The van der Waals surface area contributed by atoms with E-state index in [0.717, 1.165) is 31.2 Å². The van der Waals surface area contributed by atoms with E-state index in [2.05, 4.69) is 52.8 Å². The molecule has 4 heteroatoms. The topological polar surface area (TPSA) is 42.7 Å². The Morgan fingerprint density at radius 1 is 1.26 bits per heavy atom. The van der Waals surface area contributed by atoms with Crippen molar-refractivity contribution in [3.8, 4) is 0 Å². The van der Waals surface area contributed by atoms with Crippen LogP contribution in [0.3, 0.4) is 0 Å². The molecule has 0 spiro atoms. The van der Waals surface area contributed by atoms with Crippen molar-refractivity contribution < 1.29 is 0 Å². The molecule has 0 fully saturated rings. The summed E-state index contributed by atoms with van der Waals surface area (Å²) in [5, 5.41) is 3.32. The fraction of sp³-hybridized carbons (Fsp3) is 0.467. The lowest BCUT2D eigenvalue weighted by atomic mass is 10.2. The number of aromatic nitrogens is 3. The summed E-state index contributed by atoms with van der Waals surface area (Å²) < 4.78 is 2.20. The summed E-state index contributed by atoms with van der Waals surface area (Å²) >= 11 is 0. The van der Waals surface area contributed by atoms with Crippen LogP contribution >= 0.6 is 0 Å². The van der Waals surface area contributed by atoms with Crippen LogP contribution in [0.25, 0.3) is 0 Å². The Labute approximate surface area is 114 Å². The molecule has 0 aliphatic carbocycles. The summed E-state index contributed by atoms with van der Waals surface area (Å²) in [6, 6.07) is 4.17. The van der Waals surface area contributed by atoms with E-state index in [1.54, 1.807) is 0 Å². The second-order valence-corrected chi connectivity index (χ2v) is 5.04. The molecule has 0 aromatic carbocycles. The van der Waals surface area contributed by atoms with Gasteiger partial charge in [-0.2, -0.15) is 0 Å². The van der Waals surface area contributed by atoms with Gasteiger partial charge in [0.15, 0.2) is 0 Å². The minimum atomic E-state index is 0.439. The second kappa shape index (κ2) is 6.36. The van der Waals surface area contributed by atoms with Gasteiger partial charge in [0, 0.05) is 37.6 Å². The summed E-state index contributed by atoms with van der Waals surface area (Å²) in [7, 11) is 0. The molecule has 0 bridgehead atoms. The normalized spacial score (nSPS) is 10.9. The zero-order chi connectivity index (χ0) is 13.7. The zero-order valence-corrected chi connectivity index (χ0v) is 11.9. The molecular weight excluding hydrogens is 236 g/mol. The predicted molar refractivity (Wildman–Crippen MR) is 78.4 cm³/mol. The monoisotopic (exact) mass is 258 g/mol. The van der Waals surface area contributed by atoms with E-state index >= 15 is 0 Å². The lowest BCUT2D eigenvalue weighted by Crippen LogP contribution is -2.07. The van der Waals surface area contributed by atoms with Gasteiger partial charge < -0.3 is 9.88 Å². The Balaban J connectivity index is 2.12. The molecule has 0 radical (unpaired) electrons. The van der Waals surface area contributed by atoms with E-state index in [1.807, 2.05) is 18.6 Å². The molecule has 2 aromatic rings. The lowest BCUT2D eigenvalue weighted by molar-refractivity contribution is 0.669. The molecule has 0 amide bonds. The first-order chi connectivity index (χ1) is 9.20. The third-order valence-electron chi connectivity index (χ3n) is 3.00. The number of anilines is 1. The molecule has 0 saturated carbocycles. The van der Waals surface area contributed by atoms with Crippen molar-refractivity contribution in [2.75, 3.05) is 11.9 Å². The maximum absolute atomic E-state index is 4.42. The van der Waals surface area contributed by atoms with E-state index in [0.29, 0.717) is 5.92 Å². The summed E-state index contributed by atoms with van der Waals surface area (Å²) in [6.45, 7) is 8.28. The highest BCUT2D eigenvalue weighted by atomic mass is 15.1. The molecule has 0 atom stereocenters. The highest BCUT2D eigenvalue weighted by Crippen LogP contribution is 2.15. The van der Waals surface area contributed by atoms with E-state index < -0.39 is 0 Å². The first-order valence-corrected chi connectivity index (χ1v) is 6.90. The van der Waals surface area contributed by atoms with Crippen molar-refractivity contribution in [1.29, 1.82) is 0 Å². The van der Waals surface area contributed by atoms with Crippen LogP contribution in [-0.4, -0.2) is 21.1 Å². The van der Waals surface area contributed by atoms with Crippen LogP contribution in [-0.2, 0) is 6.54 Å². The summed E-state index contributed by atoms with van der Waals surface area (Å²) in [5.41, 5.74) is 1.24. The Kier molecular flexibility index (Phi) is 4.55. The third-order valence-corrected chi connectivity index (χ3v) is 3.00. The van der Waals surface area contributed by atoms with Gasteiger partial charge in [0.25, 0.3) is 0 Å². The van der Waals surface area contributed by atoms with Crippen molar-refractivity contribution >= 4 is 5.82 Å². The maximum Gasteiger partial charge on any atom is 0.126 e. The molecule has 2 aromatic heterocycles. The zero-order valence-electron chi connectivity index (χ0n) is 11.9. The highest BCUT2D eigenvalue weighted by molar-refractivity contribution is 5.37. The molecule has 2 heterocycles. The van der Waals surface area contributed by atoms with E-state index in [-0.39, 0.29) is 0 Å². The second-order valence-electron chi connectivity index (χ2n) is 5.04. The molecular formula is C15H22N4. The van der Waals surface area contributed by atoms with E-state index in [4.69, 9.17) is 0 Å².